The molecule has 0 spiro atoms. The van der Waals surface area contributed by atoms with Crippen molar-refractivity contribution in [3.8, 4) is 0 Å². The van der Waals surface area contributed by atoms with Gasteiger partial charge < -0.3 is 14.4 Å². The molecule has 1 aliphatic rings. The lowest BCUT2D eigenvalue weighted by atomic mass is 9.93. The van der Waals surface area contributed by atoms with Crippen LogP contribution in [0.25, 0.3) is 0 Å². The molecule has 1 amide bonds. The first-order valence-electron chi connectivity index (χ1n) is 5.78. The summed E-state index contributed by atoms with van der Waals surface area (Å²) in [5.74, 6) is -1.52. The Labute approximate surface area is 109 Å². The van der Waals surface area contributed by atoms with Crippen molar-refractivity contribution >= 4 is 23.5 Å². The van der Waals surface area contributed by atoms with Crippen molar-refractivity contribution < 1.29 is 19.1 Å². The molecule has 0 saturated carbocycles. The quantitative estimate of drug-likeness (QED) is 0.896. The SMILES string of the molecule is CC1CCC(C(=O)O)CN1C(=O)c1ccc(Cl)o1. The van der Waals surface area contributed by atoms with Crippen LogP contribution in [0.3, 0.4) is 0 Å². The van der Waals surface area contributed by atoms with E-state index < -0.39 is 11.9 Å². The van der Waals surface area contributed by atoms with Crippen molar-refractivity contribution in [2.24, 2.45) is 5.92 Å². The fourth-order valence-corrected chi connectivity index (χ4v) is 2.31. The standard InChI is InChI=1S/C12H14ClNO4/c1-7-2-3-8(12(16)17)6-14(7)11(15)9-4-5-10(13)18-9/h4-5,7-8H,2-3,6H2,1H3,(H,16,17). The Morgan fingerprint density at radius 3 is 2.72 bits per heavy atom. The van der Waals surface area contributed by atoms with Gasteiger partial charge in [0.1, 0.15) is 0 Å². The first kappa shape index (κ1) is 13.0. The number of carbonyl (C=O) groups is 2. The highest BCUT2D eigenvalue weighted by Crippen LogP contribution is 2.25. The number of carbonyl (C=O) groups excluding carboxylic acids is 1. The van der Waals surface area contributed by atoms with E-state index in [1.165, 1.54) is 17.0 Å². The number of furan rings is 1. The minimum absolute atomic E-state index is 0.0111. The number of carboxylic acids is 1. The van der Waals surface area contributed by atoms with E-state index in [0.717, 1.165) is 0 Å². The number of amides is 1. The summed E-state index contributed by atoms with van der Waals surface area (Å²) in [4.78, 5) is 24.7. The molecule has 2 unspecified atom stereocenters. The third-order valence-corrected chi connectivity index (χ3v) is 3.48. The minimum atomic E-state index is -0.864. The molecule has 1 aliphatic heterocycles. The molecule has 1 aromatic rings. The van der Waals surface area contributed by atoms with Crippen LogP contribution in [0.1, 0.15) is 30.3 Å². The van der Waals surface area contributed by atoms with Gasteiger partial charge in [-0.25, -0.2) is 0 Å². The lowest BCUT2D eigenvalue weighted by Gasteiger charge is -2.35. The van der Waals surface area contributed by atoms with Crippen LogP contribution in [0.2, 0.25) is 5.22 Å². The zero-order valence-electron chi connectivity index (χ0n) is 9.93. The van der Waals surface area contributed by atoms with Crippen molar-refractivity contribution in [3.63, 3.8) is 0 Å². The van der Waals surface area contributed by atoms with Crippen molar-refractivity contribution in [3.05, 3.63) is 23.1 Å². The number of carboxylic acid groups (broad SMARTS) is 1. The molecule has 0 radical (unpaired) electrons. The van der Waals surface area contributed by atoms with Crippen LogP contribution in [-0.4, -0.2) is 34.5 Å². The zero-order valence-corrected chi connectivity index (χ0v) is 10.7. The molecule has 0 aliphatic carbocycles. The Hall–Kier alpha value is -1.49. The highest BCUT2D eigenvalue weighted by molar-refractivity contribution is 6.29. The van der Waals surface area contributed by atoms with Gasteiger partial charge in [-0.1, -0.05) is 0 Å². The first-order chi connectivity index (χ1) is 8.49. The fourth-order valence-electron chi connectivity index (χ4n) is 2.16. The van der Waals surface area contributed by atoms with Gasteiger partial charge in [0.2, 0.25) is 0 Å². The molecule has 18 heavy (non-hydrogen) atoms. The molecule has 2 rings (SSSR count). The van der Waals surface area contributed by atoms with Gasteiger partial charge in [0.25, 0.3) is 5.91 Å². The highest BCUT2D eigenvalue weighted by Gasteiger charge is 2.33. The van der Waals surface area contributed by atoms with Crippen LogP contribution in [0.5, 0.6) is 0 Å². The van der Waals surface area contributed by atoms with E-state index in [1.54, 1.807) is 0 Å². The Morgan fingerprint density at radius 1 is 1.44 bits per heavy atom. The summed E-state index contributed by atoms with van der Waals surface area (Å²) in [5, 5.41) is 9.17. The van der Waals surface area contributed by atoms with Crippen molar-refractivity contribution in [1.29, 1.82) is 0 Å². The summed E-state index contributed by atoms with van der Waals surface area (Å²) in [6.45, 7) is 2.12. The fraction of sp³-hybridized carbons (Fsp3) is 0.500. The number of rotatable bonds is 2. The molecule has 0 aromatic carbocycles. The number of hydrogen-bond acceptors (Lipinski definition) is 3. The van der Waals surface area contributed by atoms with E-state index >= 15 is 0 Å². The minimum Gasteiger partial charge on any atom is -0.481 e. The summed E-state index contributed by atoms with van der Waals surface area (Å²) in [7, 11) is 0. The maximum Gasteiger partial charge on any atom is 0.308 e. The van der Waals surface area contributed by atoms with Gasteiger partial charge >= 0.3 is 5.97 Å². The van der Waals surface area contributed by atoms with Crippen molar-refractivity contribution in [1.82, 2.24) is 4.90 Å². The Bertz CT molecular complexity index is 470. The molecule has 98 valence electrons. The average molecular weight is 272 g/mol. The van der Waals surface area contributed by atoms with E-state index in [1.807, 2.05) is 6.92 Å². The number of aliphatic carboxylic acids is 1. The van der Waals surface area contributed by atoms with Gasteiger partial charge in [-0.2, -0.15) is 0 Å². The second-order valence-corrected chi connectivity index (χ2v) is 4.90. The van der Waals surface area contributed by atoms with E-state index in [-0.39, 0.29) is 29.5 Å². The molecular formula is C12H14ClNO4. The lowest BCUT2D eigenvalue weighted by Crippen LogP contribution is -2.47. The highest BCUT2D eigenvalue weighted by atomic mass is 35.5. The predicted octanol–water partition coefficient (Wildman–Crippen LogP) is 2.26. The van der Waals surface area contributed by atoms with Gasteiger partial charge in [-0.3, -0.25) is 9.59 Å². The molecule has 1 fully saturated rings. The Kier molecular flexibility index (Phi) is 3.61. The van der Waals surface area contributed by atoms with E-state index in [9.17, 15) is 9.59 Å². The smallest absolute Gasteiger partial charge is 0.308 e. The summed E-state index contributed by atoms with van der Waals surface area (Å²) in [5.41, 5.74) is 0. The largest absolute Gasteiger partial charge is 0.481 e. The van der Waals surface area contributed by atoms with Crippen LogP contribution in [0.4, 0.5) is 0 Å². The van der Waals surface area contributed by atoms with Gasteiger partial charge in [0.15, 0.2) is 11.0 Å². The second-order valence-electron chi connectivity index (χ2n) is 4.52. The molecule has 1 aromatic heterocycles. The van der Waals surface area contributed by atoms with Crippen LogP contribution in [0, 0.1) is 5.92 Å². The number of halogens is 1. The number of piperidine rings is 1. The number of nitrogens with zero attached hydrogens (tertiary/aromatic N) is 1. The lowest BCUT2D eigenvalue weighted by molar-refractivity contribution is -0.143. The monoisotopic (exact) mass is 271 g/mol. The maximum atomic E-state index is 12.2. The molecule has 1 saturated heterocycles. The maximum absolute atomic E-state index is 12.2. The molecule has 2 atom stereocenters. The molecular weight excluding hydrogens is 258 g/mol. The average Bonchev–Trinajstić information content (AvgIpc) is 2.75. The van der Waals surface area contributed by atoms with Crippen LogP contribution in [0.15, 0.2) is 16.5 Å². The summed E-state index contributed by atoms with van der Waals surface area (Å²) in [6.07, 6.45) is 1.27. The third-order valence-electron chi connectivity index (χ3n) is 3.28. The topological polar surface area (TPSA) is 70.8 Å². The third kappa shape index (κ3) is 2.51. The Balaban J connectivity index is 2.15. The van der Waals surface area contributed by atoms with Crippen LogP contribution < -0.4 is 0 Å². The predicted molar refractivity (Wildman–Crippen MR) is 64.6 cm³/mol. The van der Waals surface area contributed by atoms with Crippen LogP contribution in [-0.2, 0) is 4.79 Å². The number of likely N-dealkylation sites (tertiary alicyclic amines) is 1. The van der Waals surface area contributed by atoms with Gasteiger partial charge in [-0.15, -0.1) is 0 Å². The van der Waals surface area contributed by atoms with Crippen molar-refractivity contribution in [2.75, 3.05) is 6.54 Å². The second kappa shape index (κ2) is 5.02. The summed E-state index contributed by atoms with van der Waals surface area (Å²) in [6, 6.07) is 3.01. The normalized spacial score (nSPS) is 24.0. The van der Waals surface area contributed by atoms with Crippen LogP contribution >= 0.6 is 11.6 Å². The molecule has 2 heterocycles. The molecule has 0 bridgehead atoms. The zero-order chi connectivity index (χ0) is 13.3. The molecule has 1 N–H and O–H groups in total. The Morgan fingerprint density at radius 2 is 2.17 bits per heavy atom. The van der Waals surface area contributed by atoms with E-state index in [2.05, 4.69) is 0 Å². The van der Waals surface area contributed by atoms with Gasteiger partial charge in [0, 0.05) is 12.6 Å². The summed E-state index contributed by atoms with van der Waals surface area (Å²) < 4.78 is 5.07. The van der Waals surface area contributed by atoms with E-state index in [0.29, 0.717) is 12.8 Å². The van der Waals surface area contributed by atoms with Gasteiger partial charge in [-0.05, 0) is 43.5 Å². The van der Waals surface area contributed by atoms with E-state index in [4.69, 9.17) is 21.1 Å². The first-order valence-corrected chi connectivity index (χ1v) is 6.16. The molecule has 5 nitrogen and oxygen atoms in total. The molecule has 6 heteroatoms. The van der Waals surface area contributed by atoms with Gasteiger partial charge in [0.05, 0.1) is 5.92 Å². The van der Waals surface area contributed by atoms with Crippen molar-refractivity contribution in [2.45, 2.75) is 25.8 Å². The number of hydrogen-bond donors (Lipinski definition) is 1. The summed E-state index contributed by atoms with van der Waals surface area (Å²) >= 11 is 5.63.